The van der Waals surface area contributed by atoms with Crippen LogP contribution in [0.5, 0.6) is 0 Å². The average Bonchev–Trinajstić information content (AvgIpc) is 2.43. The average molecular weight is 349 g/mol. The molecule has 4 heteroatoms. The Morgan fingerprint density at radius 1 is 0.773 bits per heavy atom. The van der Waals surface area contributed by atoms with Gasteiger partial charge in [-0.15, -0.1) is 0 Å². The summed E-state index contributed by atoms with van der Waals surface area (Å²) in [5, 5.41) is 8.51. The van der Waals surface area contributed by atoms with Crippen LogP contribution in [-0.2, 0) is 4.79 Å². The molecule has 0 fully saturated rings. The molecule has 0 aliphatic heterocycles. The molecule has 0 rings (SSSR count). The van der Waals surface area contributed by atoms with Crippen LogP contribution in [0.4, 0.5) is 0 Å². The monoisotopic (exact) mass is 348 g/mol. The fourth-order valence-electron chi connectivity index (χ4n) is 2.35. The molecule has 124 valence electrons. The van der Waals surface area contributed by atoms with Gasteiger partial charge in [0.25, 0.3) is 0 Å². The zero-order chi connectivity index (χ0) is 14.9. The van der Waals surface area contributed by atoms with Crippen molar-refractivity contribution in [2.45, 2.75) is 96.8 Å². The molecule has 1 N–H and O–H groups in total. The molecule has 0 aliphatic carbocycles. The van der Waals surface area contributed by atoms with Gasteiger partial charge < -0.3 is 5.11 Å². The van der Waals surface area contributed by atoms with Crippen molar-refractivity contribution < 1.29 is 9.90 Å². The van der Waals surface area contributed by atoms with Gasteiger partial charge in [-0.05, 0) is 32.1 Å². The zero-order valence-corrected chi connectivity index (χ0v) is 13.4. The summed E-state index contributed by atoms with van der Waals surface area (Å²) in [4.78, 5) is 10.3. The molecule has 0 aromatic carbocycles. The molecule has 0 atom stereocenters. The van der Waals surface area contributed by atoms with Gasteiger partial charge in [0.2, 0.25) is 0 Å². The number of carboxylic acids is 1. The Morgan fingerprint density at radius 2 is 1.18 bits per heavy atom. The van der Waals surface area contributed by atoms with E-state index < -0.39 is 5.97 Å². The second kappa shape index (κ2) is 24.7. The van der Waals surface area contributed by atoms with Crippen LogP contribution in [-0.4, -0.2) is 78.4 Å². The van der Waals surface area contributed by atoms with E-state index in [1.807, 2.05) is 0 Å². The number of allylic oxidation sites excluding steroid dienone is 2. The molecule has 0 unspecified atom stereocenters. The van der Waals surface area contributed by atoms with E-state index in [-0.39, 0.29) is 67.3 Å². The number of carbonyl (C=O) groups is 1. The third kappa shape index (κ3) is 26.4. The summed E-state index contributed by atoms with van der Waals surface area (Å²) >= 11 is 0. The standard InChI is InChI=1S/C18H34O2.Ca.Na.3H/c1-2-3-4-5-6-7-8-9-10-11-12-13-14-15-16-17-18(19)20;;;;;/h9-10H,2-8,11-17H2,1H3,(H,19,20);;;;;/b10-9-;;;;;. The van der Waals surface area contributed by atoms with Crippen LogP contribution >= 0.6 is 0 Å². The van der Waals surface area contributed by atoms with E-state index in [1.165, 1.54) is 70.6 Å². The fraction of sp³-hybridized carbons (Fsp3) is 0.833. The molecule has 2 nitrogen and oxygen atoms in total. The Balaban J connectivity index is -0.00000180. The molecule has 0 bridgehead atoms. The molecule has 0 aliphatic rings. The predicted molar refractivity (Wildman–Crippen MR) is 103 cm³/mol. The van der Waals surface area contributed by atoms with Crippen molar-refractivity contribution in [1.82, 2.24) is 0 Å². The first-order valence-electron chi connectivity index (χ1n) is 8.64. The van der Waals surface area contributed by atoms with Gasteiger partial charge in [0, 0.05) is 6.42 Å². The molecule has 0 radical (unpaired) electrons. The summed E-state index contributed by atoms with van der Waals surface area (Å²) < 4.78 is 0. The first-order chi connectivity index (χ1) is 9.77. The molecular weight excluding hydrogens is 311 g/mol. The molecule has 0 aromatic rings. The van der Waals surface area contributed by atoms with Crippen LogP contribution in [0.2, 0.25) is 0 Å². The van der Waals surface area contributed by atoms with Gasteiger partial charge >= 0.3 is 73.3 Å². The summed E-state index contributed by atoms with van der Waals surface area (Å²) in [6, 6.07) is 0. The van der Waals surface area contributed by atoms with E-state index >= 15 is 0 Å². The van der Waals surface area contributed by atoms with Crippen LogP contribution in [0.3, 0.4) is 0 Å². The van der Waals surface area contributed by atoms with Gasteiger partial charge in [-0.25, -0.2) is 0 Å². The first-order valence-corrected chi connectivity index (χ1v) is 8.64. The molecule has 0 heterocycles. The third-order valence-electron chi connectivity index (χ3n) is 3.65. The zero-order valence-electron chi connectivity index (χ0n) is 13.4. The number of hydrogen-bond acceptors (Lipinski definition) is 1. The molecule has 22 heavy (non-hydrogen) atoms. The number of rotatable bonds is 15. The van der Waals surface area contributed by atoms with Crippen LogP contribution in [0.15, 0.2) is 12.2 Å². The number of carboxylic acid groups (broad SMARTS) is 1. The third-order valence-corrected chi connectivity index (χ3v) is 3.65. The van der Waals surface area contributed by atoms with Gasteiger partial charge in [0.05, 0.1) is 0 Å². The molecule has 0 saturated carbocycles. The first kappa shape index (κ1) is 28.3. The fourth-order valence-corrected chi connectivity index (χ4v) is 2.35. The van der Waals surface area contributed by atoms with Crippen LogP contribution in [0, 0.1) is 0 Å². The predicted octanol–water partition coefficient (Wildman–Crippen LogP) is 4.54. The van der Waals surface area contributed by atoms with E-state index in [9.17, 15) is 4.79 Å². The van der Waals surface area contributed by atoms with Crippen LogP contribution in [0.1, 0.15) is 96.8 Å². The van der Waals surface area contributed by atoms with E-state index in [0.717, 1.165) is 12.8 Å². The molecule has 0 amide bonds. The van der Waals surface area contributed by atoms with Crippen molar-refractivity contribution in [3.63, 3.8) is 0 Å². The van der Waals surface area contributed by atoms with Gasteiger partial charge in [0.1, 0.15) is 0 Å². The van der Waals surface area contributed by atoms with Crippen LogP contribution < -0.4 is 0 Å². The normalized spacial score (nSPS) is 10.2. The summed E-state index contributed by atoms with van der Waals surface area (Å²) in [5.41, 5.74) is 0. The summed E-state index contributed by atoms with van der Waals surface area (Å²) in [6.07, 6.45) is 21.2. The van der Waals surface area contributed by atoms with Crippen molar-refractivity contribution >= 4 is 73.3 Å². The van der Waals surface area contributed by atoms with Crippen molar-refractivity contribution in [2.24, 2.45) is 0 Å². The van der Waals surface area contributed by atoms with E-state index in [0.29, 0.717) is 6.42 Å². The topological polar surface area (TPSA) is 37.3 Å². The Hall–Kier alpha value is 1.47. The summed E-state index contributed by atoms with van der Waals surface area (Å²) in [6.45, 7) is 2.26. The second-order valence-electron chi connectivity index (χ2n) is 5.73. The minimum absolute atomic E-state index is 0. The van der Waals surface area contributed by atoms with E-state index in [4.69, 9.17) is 5.11 Å². The Kier molecular flexibility index (Phi) is 31.8. The Morgan fingerprint density at radius 3 is 1.64 bits per heavy atom. The molecular formula is C18H37CaNaO2. The van der Waals surface area contributed by atoms with Gasteiger partial charge in [-0.1, -0.05) is 70.4 Å². The molecule has 0 aromatic heterocycles. The number of hydrogen-bond donors (Lipinski definition) is 1. The van der Waals surface area contributed by atoms with Gasteiger partial charge in [-0.2, -0.15) is 0 Å². The maximum atomic E-state index is 10.3. The molecule has 0 spiro atoms. The summed E-state index contributed by atoms with van der Waals surface area (Å²) in [5.74, 6) is -0.664. The second-order valence-corrected chi connectivity index (χ2v) is 5.73. The van der Waals surface area contributed by atoms with Crippen molar-refractivity contribution in [2.75, 3.05) is 0 Å². The Labute approximate surface area is 190 Å². The quantitative estimate of drug-likeness (QED) is 0.268. The number of aliphatic carboxylic acids is 1. The van der Waals surface area contributed by atoms with E-state index in [2.05, 4.69) is 19.1 Å². The van der Waals surface area contributed by atoms with Crippen molar-refractivity contribution in [3.05, 3.63) is 12.2 Å². The van der Waals surface area contributed by atoms with Gasteiger partial charge in [-0.3, -0.25) is 4.79 Å². The maximum absolute atomic E-state index is 10.3. The minimum atomic E-state index is -0.664. The summed E-state index contributed by atoms with van der Waals surface area (Å²) in [7, 11) is 0. The van der Waals surface area contributed by atoms with Gasteiger partial charge in [0.15, 0.2) is 0 Å². The SMILES string of the molecule is CCCCCCCC/C=C\CCCCCCCC(=O)O.[CaH2].[NaH]. The van der Waals surface area contributed by atoms with Crippen LogP contribution in [0.25, 0.3) is 0 Å². The van der Waals surface area contributed by atoms with Crippen molar-refractivity contribution in [3.8, 4) is 0 Å². The van der Waals surface area contributed by atoms with E-state index in [1.54, 1.807) is 0 Å². The molecule has 0 saturated heterocycles. The Bertz CT molecular complexity index is 245. The van der Waals surface area contributed by atoms with Crippen molar-refractivity contribution in [1.29, 1.82) is 0 Å². The number of unbranched alkanes of at least 4 members (excludes halogenated alkanes) is 11.